The standard InChI is InChI=1S/C17H19ClFNO/c1-2-9-20-11-13-5-3-7-15(10-13)21-12-14-6-4-8-16(18)17(14)19/h3-8,10,20H,2,9,11-12H2,1H3. The lowest BCUT2D eigenvalue weighted by molar-refractivity contribution is 0.299. The Morgan fingerprint density at radius 1 is 1.19 bits per heavy atom. The molecular weight excluding hydrogens is 289 g/mol. The van der Waals surface area contributed by atoms with Crippen molar-refractivity contribution in [1.82, 2.24) is 5.32 Å². The van der Waals surface area contributed by atoms with Crippen LogP contribution in [-0.4, -0.2) is 6.54 Å². The maximum Gasteiger partial charge on any atom is 0.148 e. The third kappa shape index (κ3) is 4.73. The first-order valence-electron chi connectivity index (χ1n) is 7.06. The van der Waals surface area contributed by atoms with Crippen LogP contribution in [-0.2, 0) is 13.2 Å². The van der Waals surface area contributed by atoms with Crippen LogP contribution in [0.4, 0.5) is 4.39 Å². The molecule has 0 unspecified atom stereocenters. The second-order valence-corrected chi connectivity index (χ2v) is 5.23. The van der Waals surface area contributed by atoms with Crippen LogP contribution in [0.5, 0.6) is 5.75 Å². The van der Waals surface area contributed by atoms with Gasteiger partial charge in [0.25, 0.3) is 0 Å². The van der Waals surface area contributed by atoms with E-state index in [0.717, 1.165) is 30.8 Å². The summed E-state index contributed by atoms with van der Waals surface area (Å²) in [6, 6.07) is 12.7. The summed E-state index contributed by atoms with van der Waals surface area (Å²) in [6.07, 6.45) is 1.10. The van der Waals surface area contributed by atoms with E-state index in [1.807, 2.05) is 24.3 Å². The predicted molar refractivity (Wildman–Crippen MR) is 84.2 cm³/mol. The Balaban J connectivity index is 1.96. The van der Waals surface area contributed by atoms with Gasteiger partial charge in [-0.3, -0.25) is 0 Å². The van der Waals surface area contributed by atoms with Crippen LogP contribution in [0.1, 0.15) is 24.5 Å². The largest absolute Gasteiger partial charge is 0.489 e. The molecule has 2 aromatic rings. The molecule has 0 radical (unpaired) electrons. The quantitative estimate of drug-likeness (QED) is 0.757. The van der Waals surface area contributed by atoms with Crippen LogP contribution in [0, 0.1) is 5.82 Å². The topological polar surface area (TPSA) is 21.3 Å². The third-order valence-corrected chi connectivity index (χ3v) is 3.37. The minimum Gasteiger partial charge on any atom is -0.489 e. The van der Waals surface area contributed by atoms with Crippen molar-refractivity contribution in [1.29, 1.82) is 0 Å². The molecule has 112 valence electrons. The van der Waals surface area contributed by atoms with Crippen molar-refractivity contribution in [2.45, 2.75) is 26.5 Å². The molecule has 0 bridgehead atoms. The molecule has 2 aromatic carbocycles. The molecule has 4 heteroatoms. The van der Waals surface area contributed by atoms with Gasteiger partial charge in [-0.25, -0.2) is 4.39 Å². The number of hydrogen-bond donors (Lipinski definition) is 1. The van der Waals surface area contributed by atoms with Gasteiger partial charge in [0.2, 0.25) is 0 Å². The van der Waals surface area contributed by atoms with Gasteiger partial charge in [-0.2, -0.15) is 0 Å². The first-order chi connectivity index (χ1) is 10.2. The van der Waals surface area contributed by atoms with Gasteiger partial charge in [-0.15, -0.1) is 0 Å². The van der Waals surface area contributed by atoms with Crippen LogP contribution in [0.15, 0.2) is 42.5 Å². The SMILES string of the molecule is CCCNCc1cccc(OCc2cccc(Cl)c2F)c1. The zero-order valence-electron chi connectivity index (χ0n) is 12.0. The van der Waals surface area contributed by atoms with E-state index in [1.165, 1.54) is 6.07 Å². The molecule has 0 aliphatic heterocycles. The molecule has 0 aromatic heterocycles. The van der Waals surface area contributed by atoms with Gasteiger partial charge in [-0.05, 0) is 36.7 Å². The van der Waals surface area contributed by atoms with Gasteiger partial charge in [0.15, 0.2) is 0 Å². The van der Waals surface area contributed by atoms with Gasteiger partial charge in [0, 0.05) is 12.1 Å². The predicted octanol–water partition coefficient (Wildman–Crippen LogP) is 4.56. The monoisotopic (exact) mass is 307 g/mol. The molecule has 0 fully saturated rings. The zero-order valence-corrected chi connectivity index (χ0v) is 12.8. The smallest absolute Gasteiger partial charge is 0.148 e. The molecule has 2 nitrogen and oxygen atoms in total. The number of halogens is 2. The molecule has 21 heavy (non-hydrogen) atoms. The van der Waals surface area contributed by atoms with Gasteiger partial charge >= 0.3 is 0 Å². The molecule has 1 N–H and O–H groups in total. The Kier molecular flexibility index (Phi) is 6.03. The number of ether oxygens (including phenoxy) is 1. The molecule has 0 saturated carbocycles. The lowest BCUT2D eigenvalue weighted by atomic mass is 10.2. The van der Waals surface area contributed by atoms with Crippen molar-refractivity contribution in [3.8, 4) is 5.75 Å². The second-order valence-electron chi connectivity index (χ2n) is 4.83. The summed E-state index contributed by atoms with van der Waals surface area (Å²) in [5.74, 6) is 0.310. The highest BCUT2D eigenvalue weighted by Crippen LogP contribution is 2.20. The van der Waals surface area contributed by atoms with Crippen LogP contribution in [0.3, 0.4) is 0 Å². The van der Waals surface area contributed by atoms with E-state index in [0.29, 0.717) is 5.56 Å². The zero-order chi connectivity index (χ0) is 15.1. The van der Waals surface area contributed by atoms with Crippen LogP contribution in [0.2, 0.25) is 5.02 Å². The van der Waals surface area contributed by atoms with E-state index in [9.17, 15) is 4.39 Å². The van der Waals surface area contributed by atoms with Gasteiger partial charge in [-0.1, -0.05) is 42.8 Å². The van der Waals surface area contributed by atoms with E-state index < -0.39 is 5.82 Å². The molecule has 0 heterocycles. The maximum atomic E-state index is 13.8. The maximum absolute atomic E-state index is 13.8. The van der Waals surface area contributed by atoms with E-state index >= 15 is 0 Å². The summed E-state index contributed by atoms with van der Waals surface area (Å²) >= 11 is 5.75. The van der Waals surface area contributed by atoms with Crippen molar-refractivity contribution in [2.24, 2.45) is 0 Å². The summed E-state index contributed by atoms with van der Waals surface area (Å²) in [5, 5.41) is 3.46. The Hall–Kier alpha value is -1.58. The highest BCUT2D eigenvalue weighted by Gasteiger charge is 2.07. The lowest BCUT2D eigenvalue weighted by Gasteiger charge is -2.10. The Morgan fingerprint density at radius 3 is 2.81 bits per heavy atom. The molecule has 2 rings (SSSR count). The Morgan fingerprint density at radius 2 is 2.00 bits per heavy atom. The average molecular weight is 308 g/mol. The van der Waals surface area contributed by atoms with Gasteiger partial charge < -0.3 is 10.1 Å². The summed E-state index contributed by atoms with van der Waals surface area (Å²) < 4.78 is 19.4. The molecule has 0 atom stereocenters. The Bertz CT molecular complexity index is 589. The normalized spacial score (nSPS) is 10.6. The van der Waals surface area contributed by atoms with Gasteiger partial charge in [0.05, 0.1) is 5.02 Å². The van der Waals surface area contributed by atoms with Crippen molar-refractivity contribution in [3.05, 3.63) is 64.4 Å². The molecule has 0 aliphatic rings. The lowest BCUT2D eigenvalue weighted by Crippen LogP contribution is -2.13. The number of benzene rings is 2. The minimum atomic E-state index is -0.417. The van der Waals surface area contributed by atoms with Crippen molar-refractivity contribution in [3.63, 3.8) is 0 Å². The molecule has 0 amide bonds. The van der Waals surface area contributed by atoms with Gasteiger partial charge in [0.1, 0.15) is 18.2 Å². The molecule has 0 saturated heterocycles. The van der Waals surface area contributed by atoms with E-state index in [-0.39, 0.29) is 11.6 Å². The summed E-state index contributed by atoms with van der Waals surface area (Å²) in [4.78, 5) is 0. The van der Waals surface area contributed by atoms with Crippen molar-refractivity contribution >= 4 is 11.6 Å². The molecular formula is C17H19ClFNO. The first kappa shape index (κ1) is 15.8. The number of rotatable bonds is 7. The Labute approximate surface area is 129 Å². The van der Waals surface area contributed by atoms with Crippen molar-refractivity contribution < 1.29 is 9.13 Å². The van der Waals surface area contributed by atoms with E-state index in [4.69, 9.17) is 16.3 Å². The molecule has 0 aliphatic carbocycles. The third-order valence-electron chi connectivity index (χ3n) is 3.08. The highest BCUT2D eigenvalue weighted by atomic mass is 35.5. The fraction of sp³-hybridized carbons (Fsp3) is 0.294. The van der Waals surface area contributed by atoms with E-state index in [1.54, 1.807) is 12.1 Å². The highest BCUT2D eigenvalue weighted by molar-refractivity contribution is 6.30. The summed E-state index contributed by atoms with van der Waals surface area (Å²) in [7, 11) is 0. The number of nitrogens with one attached hydrogen (secondary N) is 1. The summed E-state index contributed by atoms with van der Waals surface area (Å²) in [5.41, 5.74) is 1.60. The first-order valence-corrected chi connectivity index (χ1v) is 7.44. The fourth-order valence-corrected chi connectivity index (χ4v) is 2.17. The minimum absolute atomic E-state index is 0.119. The fourth-order valence-electron chi connectivity index (χ4n) is 1.98. The second kappa shape index (κ2) is 8.01. The van der Waals surface area contributed by atoms with Crippen LogP contribution >= 0.6 is 11.6 Å². The van der Waals surface area contributed by atoms with E-state index in [2.05, 4.69) is 12.2 Å². The van der Waals surface area contributed by atoms with Crippen molar-refractivity contribution in [2.75, 3.05) is 6.54 Å². The molecule has 0 spiro atoms. The van der Waals surface area contributed by atoms with Crippen LogP contribution < -0.4 is 10.1 Å². The average Bonchev–Trinajstić information content (AvgIpc) is 2.50. The summed E-state index contributed by atoms with van der Waals surface area (Å²) in [6.45, 7) is 4.08. The number of hydrogen-bond acceptors (Lipinski definition) is 2. The van der Waals surface area contributed by atoms with Crippen LogP contribution in [0.25, 0.3) is 0 Å².